The normalized spacial score (nSPS) is 22.7. The molecule has 19 heavy (non-hydrogen) atoms. The molecule has 0 aliphatic carbocycles. The third-order valence-electron chi connectivity index (χ3n) is 3.92. The Morgan fingerprint density at radius 3 is 2.84 bits per heavy atom. The Balaban J connectivity index is 2.03. The first-order chi connectivity index (χ1) is 9.10. The zero-order valence-corrected chi connectivity index (χ0v) is 11.1. The van der Waals surface area contributed by atoms with E-state index in [0.29, 0.717) is 32.4 Å². The number of carbonyl (C=O) groups is 2. The van der Waals surface area contributed by atoms with Crippen LogP contribution in [0.25, 0.3) is 0 Å². The summed E-state index contributed by atoms with van der Waals surface area (Å²) in [4.78, 5) is 29.2. The fraction of sp³-hybridized carbons (Fsp3) is 0.615. The number of carboxylic acid groups (broad SMARTS) is 1. The Hall–Kier alpha value is -1.85. The van der Waals surface area contributed by atoms with E-state index < -0.39 is 11.5 Å². The van der Waals surface area contributed by atoms with Crippen LogP contribution in [0.5, 0.6) is 0 Å². The van der Waals surface area contributed by atoms with Crippen molar-refractivity contribution in [1.82, 2.24) is 14.5 Å². The van der Waals surface area contributed by atoms with Gasteiger partial charge in [0.2, 0.25) is 5.91 Å². The minimum Gasteiger partial charge on any atom is -0.479 e. The fourth-order valence-corrected chi connectivity index (χ4v) is 2.76. The molecule has 1 fully saturated rings. The SMILES string of the molecule is CCC1(C(=O)O)CCCN1C(=O)CCn1ccnc1. The first-order valence-corrected chi connectivity index (χ1v) is 6.60. The largest absolute Gasteiger partial charge is 0.479 e. The lowest BCUT2D eigenvalue weighted by Gasteiger charge is -2.34. The number of nitrogens with zero attached hydrogens (tertiary/aromatic N) is 3. The topological polar surface area (TPSA) is 75.4 Å². The van der Waals surface area contributed by atoms with E-state index in [1.807, 2.05) is 11.5 Å². The maximum Gasteiger partial charge on any atom is 0.329 e. The number of aliphatic carboxylic acids is 1. The molecule has 1 amide bonds. The summed E-state index contributed by atoms with van der Waals surface area (Å²) >= 11 is 0. The Bertz CT molecular complexity index is 458. The third-order valence-corrected chi connectivity index (χ3v) is 3.92. The standard InChI is InChI=1S/C13H19N3O3/c1-2-13(12(18)19)5-3-7-16(13)11(17)4-8-15-9-6-14-10-15/h6,9-10H,2-5,7-8H2,1H3,(H,18,19). The predicted molar refractivity (Wildman–Crippen MR) is 68.4 cm³/mol. The average molecular weight is 265 g/mol. The lowest BCUT2D eigenvalue weighted by Crippen LogP contribution is -2.52. The molecule has 1 aromatic heterocycles. The number of carbonyl (C=O) groups excluding carboxylic acids is 1. The maximum atomic E-state index is 12.2. The van der Waals surface area contributed by atoms with Crippen LogP contribution in [0.1, 0.15) is 32.6 Å². The second-order valence-corrected chi connectivity index (χ2v) is 4.89. The third kappa shape index (κ3) is 2.47. The highest BCUT2D eigenvalue weighted by molar-refractivity contribution is 5.87. The van der Waals surface area contributed by atoms with Crippen LogP contribution >= 0.6 is 0 Å². The summed E-state index contributed by atoms with van der Waals surface area (Å²) in [5.41, 5.74) is -0.994. The van der Waals surface area contributed by atoms with Crippen LogP contribution in [-0.4, -0.2) is 43.5 Å². The molecule has 1 aromatic rings. The fourth-order valence-electron chi connectivity index (χ4n) is 2.76. The summed E-state index contributed by atoms with van der Waals surface area (Å²) in [6.45, 7) is 2.91. The number of likely N-dealkylation sites (tertiary alicyclic amines) is 1. The zero-order chi connectivity index (χ0) is 13.9. The average Bonchev–Trinajstić information content (AvgIpc) is 3.05. The van der Waals surface area contributed by atoms with Gasteiger partial charge in [0.15, 0.2) is 0 Å². The maximum absolute atomic E-state index is 12.2. The first kappa shape index (κ1) is 13.6. The Kier molecular flexibility index (Phi) is 3.87. The van der Waals surface area contributed by atoms with E-state index in [0.717, 1.165) is 6.42 Å². The van der Waals surface area contributed by atoms with Crippen molar-refractivity contribution in [2.24, 2.45) is 0 Å². The van der Waals surface area contributed by atoms with Crippen molar-refractivity contribution in [1.29, 1.82) is 0 Å². The molecule has 0 radical (unpaired) electrons. The van der Waals surface area contributed by atoms with Crippen molar-refractivity contribution < 1.29 is 14.7 Å². The molecule has 0 saturated carbocycles. The summed E-state index contributed by atoms with van der Waals surface area (Å²) in [7, 11) is 0. The zero-order valence-electron chi connectivity index (χ0n) is 11.1. The van der Waals surface area contributed by atoms with Crippen molar-refractivity contribution in [3.8, 4) is 0 Å². The number of amides is 1. The summed E-state index contributed by atoms with van der Waals surface area (Å²) in [5, 5.41) is 9.43. The second-order valence-electron chi connectivity index (χ2n) is 4.89. The molecule has 6 heteroatoms. The number of hydrogen-bond donors (Lipinski definition) is 1. The molecule has 0 aromatic carbocycles. The van der Waals surface area contributed by atoms with Crippen LogP contribution < -0.4 is 0 Å². The quantitative estimate of drug-likeness (QED) is 0.866. The first-order valence-electron chi connectivity index (χ1n) is 6.60. The highest BCUT2D eigenvalue weighted by atomic mass is 16.4. The number of carboxylic acids is 1. The lowest BCUT2D eigenvalue weighted by atomic mass is 9.93. The van der Waals surface area contributed by atoms with Gasteiger partial charge in [-0.2, -0.15) is 0 Å². The second kappa shape index (κ2) is 5.42. The summed E-state index contributed by atoms with van der Waals surface area (Å²) < 4.78 is 1.82. The number of rotatable bonds is 5. The Labute approximate surface area is 112 Å². The van der Waals surface area contributed by atoms with Gasteiger partial charge in [-0.05, 0) is 19.3 Å². The molecule has 1 unspecified atom stereocenters. The van der Waals surface area contributed by atoms with E-state index in [1.54, 1.807) is 23.6 Å². The van der Waals surface area contributed by atoms with Crippen LogP contribution in [0, 0.1) is 0 Å². The van der Waals surface area contributed by atoms with Gasteiger partial charge in [0.1, 0.15) is 5.54 Å². The van der Waals surface area contributed by atoms with Gasteiger partial charge in [0.05, 0.1) is 6.33 Å². The number of hydrogen-bond acceptors (Lipinski definition) is 3. The number of imidazole rings is 1. The molecule has 1 atom stereocenters. The number of aryl methyl sites for hydroxylation is 1. The summed E-state index contributed by atoms with van der Waals surface area (Å²) in [5.74, 6) is -0.973. The Morgan fingerprint density at radius 1 is 1.47 bits per heavy atom. The van der Waals surface area contributed by atoms with Gasteiger partial charge < -0.3 is 14.6 Å². The van der Waals surface area contributed by atoms with Crippen LogP contribution in [0.15, 0.2) is 18.7 Å². The van der Waals surface area contributed by atoms with Gasteiger partial charge in [-0.25, -0.2) is 9.78 Å². The van der Waals surface area contributed by atoms with Gasteiger partial charge >= 0.3 is 5.97 Å². The molecule has 2 heterocycles. The Morgan fingerprint density at radius 2 is 2.26 bits per heavy atom. The van der Waals surface area contributed by atoms with E-state index >= 15 is 0 Å². The molecule has 1 saturated heterocycles. The number of aromatic nitrogens is 2. The van der Waals surface area contributed by atoms with Crippen molar-refractivity contribution >= 4 is 11.9 Å². The van der Waals surface area contributed by atoms with Gasteiger partial charge in [0, 0.05) is 31.9 Å². The molecule has 1 aliphatic rings. The summed E-state index contributed by atoms with van der Waals surface area (Å²) in [6, 6.07) is 0. The van der Waals surface area contributed by atoms with E-state index in [2.05, 4.69) is 4.98 Å². The van der Waals surface area contributed by atoms with Gasteiger partial charge in [-0.15, -0.1) is 0 Å². The monoisotopic (exact) mass is 265 g/mol. The van der Waals surface area contributed by atoms with E-state index in [1.165, 1.54) is 0 Å². The van der Waals surface area contributed by atoms with Crippen molar-refractivity contribution in [3.63, 3.8) is 0 Å². The van der Waals surface area contributed by atoms with E-state index in [-0.39, 0.29) is 5.91 Å². The summed E-state index contributed by atoms with van der Waals surface area (Å²) in [6.07, 6.45) is 7.19. The van der Waals surface area contributed by atoms with E-state index in [9.17, 15) is 14.7 Å². The molecule has 0 spiro atoms. The molecule has 1 N–H and O–H groups in total. The van der Waals surface area contributed by atoms with Crippen LogP contribution in [0.2, 0.25) is 0 Å². The highest BCUT2D eigenvalue weighted by Crippen LogP contribution is 2.33. The van der Waals surface area contributed by atoms with Crippen molar-refractivity contribution in [3.05, 3.63) is 18.7 Å². The molecule has 6 nitrogen and oxygen atoms in total. The van der Waals surface area contributed by atoms with Gasteiger partial charge in [0.25, 0.3) is 0 Å². The minimum absolute atomic E-state index is 0.0875. The molecule has 2 rings (SSSR count). The molecular formula is C13H19N3O3. The predicted octanol–water partition coefficient (Wildman–Crippen LogP) is 1.13. The molecule has 1 aliphatic heterocycles. The smallest absolute Gasteiger partial charge is 0.329 e. The molecular weight excluding hydrogens is 246 g/mol. The lowest BCUT2D eigenvalue weighted by molar-refractivity contribution is -0.156. The van der Waals surface area contributed by atoms with Gasteiger partial charge in [-0.3, -0.25) is 4.79 Å². The minimum atomic E-state index is -0.994. The molecule has 0 bridgehead atoms. The van der Waals surface area contributed by atoms with Gasteiger partial charge in [-0.1, -0.05) is 6.92 Å². The molecule has 104 valence electrons. The van der Waals surface area contributed by atoms with Crippen LogP contribution in [-0.2, 0) is 16.1 Å². The van der Waals surface area contributed by atoms with E-state index in [4.69, 9.17) is 0 Å². The van der Waals surface area contributed by atoms with Crippen molar-refractivity contribution in [2.75, 3.05) is 6.54 Å². The van der Waals surface area contributed by atoms with Crippen LogP contribution in [0.3, 0.4) is 0 Å². The highest BCUT2D eigenvalue weighted by Gasteiger charge is 2.48. The van der Waals surface area contributed by atoms with Crippen LogP contribution in [0.4, 0.5) is 0 Å². The van der Waals surface area contributed by atoms with Crippen molar-refractivity contribution in [2.45, 2.75) is 44.7 Å².